The number of aryl methyl sites for hydroxylation is 2. The second-order valence-electron chi connectivity index (χ2n) is 5.43. The first kappa shape index (κ1) is 14.2. The van der Waals surface area contributed by atoms with Crippen molar-refractivity contribution in [2.75, 3.05) is 0 Å². The van der Waals surface area contributed by atoms with Gasteiger partial charge >= 0.3 is 0 Å². The zero-order valence-corrected chi connectivity index (χ0v) is 12.8. The van der Waals surface area contributed by atoms with Crippen LogP contribution in [-0.4, -0.2) is 4.92 Å². The molecule has 1 heterocycles. The quantitative estimate of drug-likeness (QED) is 0.671. The molecule has 3 rings (SSSR count). The molecule has 110 valence electrons. The predicted octanol–water partition coefficient (Wildman–Crippen LogP) is 4.00. The minimum Gasteiger partial charge on any atom is -0.305 e. The third kappa shape index (κ3) is 2.99. The van der Waals surface area contributed by atoms with E-state index in [1.165, 1.54) is 34.6 Å². The molecule has 1 aromatic carbocycles. The maximum absolute atomic E-state index is 11.1. The fourth-order valence-electron chi connectivity index (χ4n) is 2.86. The Balaban J connectivity index is 1.68. The smallest absolute Gasteiger partial charge is 0.274 e. The molecule has 0 bridgehead atoms. The van der Waals surface area contributed by atoms with Crippen molar-refractivity contribution in [1.29, 1.82) is 0 Å². The normalized spacial score (nSPS) is 14.9. The van der Waals surface area contributed by atoms with Crippen LogP contribution in [0.3, 0.4) is 0 Å². The molecular weight excluding hydrogens is 284 g/mol. The molecule has 0 saturated heterocycles. The fraction of sp³-hybridized carbons (Fsp3) is 0.375. The van der Waals surface area contributed by atoms with Gasteiger partial charge in [-0.2, -0.15) is 0 Å². The molecule has 5 heteroatoms. The van der Waals surface area contributed by atoms with Crippen molar-refractivity contribution in [3.05, 3.63) is 61.3 Å². The number of thiophene rings is 1. The Bertz CT molecular complexity index is 645. The van der Waals surface area contributed by atoms with E-state index >= 15 is 0 Å². The van der Waals surface area contributed by atoms with Crippen LogP contribution in [0.2, 0.25) is 0 Å². The fourth-order valence-corrected chi connectivity index (χ4v) is 4.07. The van der Waals surface area contributed by atoms with Crippen molar-refractivity contribution < 1.29 is 4.92 Å². The minimum absolute atomic E-state index is 0.0384. The zero-order valence-electron chi connectivity index (χ0n) is 12.0. The molecule has 1 aliphatic carbocycles. The zero-order chi connectivity index (χ0) is 14.8. The molecule has 1 atom stereocenters. The lowest BCUT2D eigenvalue weighted by atomic mass is 10.1. The molecule has 0 amide bonds. The molecule has 0 spiro atoms. The van der Waals surface area contributed by atoms with E-state index < -0.39 is 0 Å². The lowest BCUT2D eigenvalue weighted by Crippen LogP contribution is -2.18. The van der Waals surface area contributed by atoms with Crippen LogP contribution in [0, 0.1) is 10.1 Å². The summed E-state index contributed by atoms with van der Waals surface area (Å²) >= 11 is 1.87. The standard InChI is InChI=1S/C16H18N2O2S/c1-11(14-6-2-3-7-15(14)18(19)20)17-10-13-9-12-5-4-8-16(12)21-13/h2-3,6-7,9,11,17H,4-5,8,10H2,1H3. The Kier molecular flexibility index (Phi) is 4.03. The molecule has 0 aliphatic heterocycles. The highest BCUT2D eigenvalue weighted by molar-refractivity contribution is 7.12. The highest BCUT2D eigenvalue weighted by Crippen LogP contribution is 2.31. The number of nitrogens with zero attached hydrogens (tertiary/aromatic N) is 1. The third-order valence-corrected chi connectivity index (χ3v) is 5.22. The van der Waals surface area contributed by atoms with Crippen molar-refractivity contribution in [2.45, 2.75) is 38.8 Å². The van der Waals surface area contributed by atoms with Crippen molar-refractivity contribution >= 4 is 17.0 Å². The van der Waals surface area contributed by atoms with Crippen molar-refractivity contribution in [3.8, 4) is 0 Å². The van der Waals surface area contributed by atoms with Gasteiger partial charge in [0.15, 0.2) is 0 Å². The number of benzene rings is 1. The first-order chi connectivity index (χ1) is 10.1. The first-order valence-corrected chi connectivity index (χ1v) is 8.04. The number of nitro groups is 1. The van der Waals surface area contributed by atoms with Crippen molar-refractivity contribution in [3.63, 3.8) is 0 Å². The van der Waals surface area contributed by atoms with Gasteiger partial charge in [-0.15, -0.1) is 11.3 Å². The van der Waals surface area contributed by atoms with Gasteiger partial charge in [-0.25, -0.2) is 0 Å². The molecular formula is C16H18N2O2S. The molecule has 1 N–H and O–H groups in total. The summed E-state index contributed by atoms with van der Waals surface area (Å²) in [5, 5.41) is 14.5. The van der Waals surface area contributed by atoms with Crippen LogP contribution in [0.25, 0.3) is 0 Å². The number of fused-ring (bicyclic) bond motifs is 1. The number of nitro benzene ring substituents is 1. The molecule has 1 aliphatic rings. The van der Waals surface area contributed by atoms with Gasteiger partial charge in [0.1, 0.15) is 0 Å². The van der Waals surface area contributed by atoms with E-state index in [1.54, 1.807) is 12.1 Å². The van der Waals surface area contributed by atoms with Crippen LogP contribution in [0.1, 0.15) is 40.3 Å². The van der Waals surface area contributed by atoms with Crippen LogP contribution in [0.5, 0.6) is 0 Å². The molecule has 0 radical (unpaired) electrons. The maximum atomic E-state index is 11.1. The first-order valence-electron chi connectivity index (χ1n) is 7.22. The Hall–Kier alpha value is -1.72. The lowest BCUT2D eigenvalue weighted by Gasteiger charge is -2.13. The molecule has 21 heavy (non-hydrogen) atoms. The van der Waals surface area contributed by atoms with Gasteiger partial charge in [0.05, 0.1) is 4.92 Å². The van der Waals surface area contributed by atoms with E-state index in [1.807, 2.05) is 30.4 Å². The number of hydrogen-bond donors (Lipinski definition) is 1. The second kappa shape index (κ2) is 5.95. The minimum atomic E-state index is -0.312. The summed E-state index contributed by atoms with van der Waals surface area (Å²) in [6.07, 6.45) is 3.69. The summed E-state index contributed by atoms with van der Waals surface area (Å²) in [5.41, 5.74) is 2.42. The topological polar surface area (TPSA) is 55.2 Å². The number of para-hydroxylation sites is 1. The summed E-state index contributed by atoms with van der Waals surface area (Å²) in [4.78, 5) is 13.6. The van der Waals surface area contributed by atoms with E-state index in [9.17, 15) is 10.1 Å². The molecule has 1 unspecified atom stereocenters. The lowest BCUT2D eigenvalue weighted by molar-refractivity contribution is -0.385. The van der Waals surface area contributed by atoms with Gasteiger partial charge < -0.3 is 5.32 Å². The molecule has 1 aromatic heterocycles. The van der Waals surface area contributed by atoms with Gasteiger partial charge in [0, 0.05) is 34.0 Å². The summed E-state index contributed by atoms with van der Waals surface area (Å²) in [7, 11) is 0. The molecule has 0 fully saturated rings. The van der Waals surface area contributed by atoms with E-state index in [0.717, 1.165) is 12.1 Å². The predicted molar refractivity (Wildman–Crippen MR) is 84.7 cm³/mol. The van der Waals surface area contributed by atoms with Crippen molar-refractivity contribution in [1.82, 2.24) is 5.32 Å². The number of nitrogens with one attached hydrogen (secondary N) is 1. The Morgan fingerprint density at radius 3 is 2.95 bits per heavy atom. The number of hydrogen-bond acceptors (Lipinski definition) is 4. The molecule has 4 nitrogen and oxygen atoms in total. The van der Waals surface area contributed by atoms with Crippen molar-refractivity contribution in [2.24, 2.45) is 0 Å². The van der Waals surface area contributed by atoms with Crippen LogP contribution in [0.4, 0.5) is 5.69 Å². The Labute approximate surface area is 128 Å². The van der Waals surface area contributed by atoms with E-state index in [4.69, 9.17) is 0 Å². The van der Waals surface area contributed by atoms with Gasteiger partial charge in [-0.05, 0) is 37.8 Å². The Morgan fingerprint density at radius 1 is 1.38 bits per heavy atom. The summed E-state index contributed by atoms with van der Waals surface area (Å²) < 4.78 is 0. The average Bonchev–Trinajstić information content (AvgIpc) is 3.05. The maximum Gasteiger partial charge on any atom is 0.274 e. The average molecular weight is 302 g/mol. The second-order valence-corrected chi connectivity index (χ2v) is 6.65. The molecule has 2 aromatic rings. The monoisotopic (exact) mass is 302 g/mol. The molecule has 0 saturated carbocycles. The van der Waals surface area contributed by atoms with Crippen LogP contribution in [-0.2, 0) is 19.4 Å². The van der Waals surface area contributed by atoms with Gasteiger partial charge in [0.2, 0.25) is 0 Å². The largest absolute Gasteiger partial charge is 0.305 e. The van der Waals surface area contributed by atoms with E-state index in [0.29, 0.717) is 0 Å². The van der Waals surface area contributed by atoms with Crippen LogP contribution < -0.4 is 5.32 Å². The SMILES string of the molecule is CC(NCc1cc2c(s1)CCC2)c1ccccc1[N+](=O)[O-]. The van der Waals surface area contributed by atoms with E-state index in [2.05, 4.69) is 11.4 Å². The summed E-state index contributed by atoms with van der Waals surface area (Å²) in [6, 6.07) is 9.19. The van der Waals surface area contributed by atoms with Crippen LogP contribution in [0.15, 0.2) is 30.3 Å². The van der Waals surface area contributed by atoms with E-state index in [-0.39, 0.29) is 16.7 Å². The van der Waals surface area contributed by atoms with Gasteiger partial charge in [-0.3, -0.25) is 10.1 Å². The van der Waals surface area contributed by atoms with Gasteiger partial charge in [-0.1, -0.05) is 18.2 Å². The highest BCUT2D eigenvalue weighted by atomic mass is 32.1. The summed E-state index contributed by atoms with van der Waals surface area (Å²) in [5.74, 6) is 0. The third-order valence-electron chi connectivity index (χ3n) is 3.98. The summed E-state index contributed by atoms with van der Waals surface area (Å²) in [6.45, 7) is 2.74. The van der Waals surface area contributed by atoms with Gasteiger partial charge in [0.25, 0.3) is 5.69 Å². The van der Waals surface area contributed by atoms with Crippen LogP contribution >= 0.6 is 11.3 Å². The number of rotatable bonds is 5. The highest BCUT2D eigenvalue weighted by Gasteiger charge is 2.19. The Morgan fingerprint density at radius 2 is 2.19 bits per heavy atom.